The number of methoxy groups -OCH3 is 1. The number of rotatable bonds is 4. The quantitative estimate of drug-likeness (QED) is 0.903. The molecule has 2 rings (SSSR count). The first kappa shape index (κ1) is 12.2. The molecule has 0 bridgehead atoms. The molecule has 0 aliphatic rings. The second-order valence-electron chi connectivity index (χ2n) is 3.73. The van der Waals surface area contributed by atoms with E-state index in [0.29, 0.717) is 0 Å². The highest BCUT2D eigenvalue weighted by molar-refractivity contribution is 5.35. The topological polar surface area (TPSA) is 38.7 Å². The summed E-state index contributed by atoms with van der Waals surface area (Å²) in [6.45, 7) is 0.227. The van der Waals surface area contributed by atoms with E-state index >= 15 is 0 Å². The van der Waals surface area contributed by atoms with Crippen LogP contribution >= 0.6 is 0 Å². The van der Waals surface area contributed by atoms with E-state index in [-0.39, 0.29) is 12.4 Å². The number of phenolic OH excluding ortho intramolecular Hbond substituents is 1. The van der Waals surface area contributed by atoms with Crippen LogP contribution in [-0.2, 0) is 6.61 Å². The first-order chi connectivity index (χ1) is 8.70. The molecule has 3 nitrogen and oxygen atoms in total. The number of hydrogen-bond acceptors (Lipinski definition) is 3. The molecular formula is C14H13FO3. The lowest BCUT2D eigenvalue weighted by atomic mass is 10.2. The Bertz CT molecular complexity index is 523. The molecule has 0 amide bonds. The molecule has 0 heterocycles. The van der Waals surface area contributed by atoms with Gasteiger partial charge in [-0.1, -0.05) is 18.2 Å². The Morgan fingerprint density at radius 3 is 2.50 bits per heavy atom. The normalized spacial score (nSPS) is 10.1. The third-order valence-corrected chi connectivity index (χ3v) is 2.50. The van der Waals surface area contributed by atoms with Crippen LogP contribution in [0.25, 0.3) is 0 Å². The van der Waals surface area contributed by atoms with E-state index in [9.17, 15) is 9.50 Å². The molecule has 0 spiro atoms. The predicted octanol–water partition coefficient (Wildman–Crippen LogP) is 3.12. The van der Waals surface area contributed by atoms with E-state index < -0.39 is 11.6 Å². The van der Waals surface area contributed by atoms with E-state index in [0.717, 1.165) is 11.3 Å². The summed E-state index contributed by atoms with van der Waals surface area (Å²) in [4.78, 5) is 0. The summed E-state index contributed by atoms with van der Waals surface area (Å²) in [5.74, 6) is -0.374. The highest BCUT2D eigenvalue weighted by atomic mass is 19.1. The van der Waals surface area contributed by atoms with Crippen molar-refractivity contribution in [2.75, 3.05) is 7.11 Å². The third kappa shape index (κ3) is 2.71. The second kappa shape index (κ2) is 5.40. The molecule has 1 N–H and O–H groups in total. The first-order valence-electron chi connectivity index (χ1n) is 5.44. The van der Waals surface area contributed by atoms with Crippen molar-refractivity contribution in [3.8, 4) is 17.2 Å². The van der Waals surface area contributed by atoms with Crippen LogP contribution in [-0.4, -0.2) is 12.2 Å². The minimum absolute atomic E-state index is 0.0332. The van der Waals surface area contributed by atoms with Gasteiger partial charge in [-0.25, -0.2) is 0 Å². The molecule has 2 aromatic rings. The van der Waals surface area contributed by atoms with Gasteiger partial charge >= 0.3 is 0 Å². The minimum atomic E-state index is -0.744. The van der Waals surface area contributed by atoms with Gasteiger partial charge in [0.15, 0.2) is 11.5 Å². The van der Waals surface area contributed by atoms with Crippen molar-refractivity contribution in [3.63, 3.8) is 0 Å². The van der Waals surface area contributed by atoms with Crippen LogP contribution in [0.1, 0.15) is 5.56 Å². The van der Waals surface area contributed by atoms with Crippen molar-refractivity contribution in [2.24, 2.45) is 0 Å². The molecule has 0 aliphatic heterocycles. The molecule has 0 unspecified atom stereocenters. The SMILES string of the molecule is COc1ccc(COc2cccc(O)c2F)cc1. The molecule has 18 heavy (non-hydrogen) atoms. The Hall–Kier alpha value is -2.23. The maximum atomic E-state index is 13.4. The van der Waals surface area contributed by atoms with E-state index in [4.69, 9.17) is 9.47 Å². The standard InChI is InChI=1S/C14H13FO3/c1-17-11-7-5-10(6-8-11)9-18-13-4-2-3-12(16)14(13)15/h2-8,16H,9H2,1H3. The largest absolute Gasteiger partial charge is 0.505 e. The number of phenols is 1. The summed E-state index contributed by atoms with van der Waals surface area (Å²) in [6, 6.07) is 11.5. The van der Waals surface area contributed by atoms with Crippen molar-refractivity contribution >= 4 is 0 Å². The zero-order chi connectivity index (χ0) is 13.0. The zero-order valence-electron chi connectivity index (χ0n) is 9.89. The fraction of sp³-hybridized carbons (Fsp3) is 0.143. The van der Waals surface area contributed by atoms with Gasteiger partial charge in [0, 0.05) is 0 Å². The van der Waals surface area contributed by atoms with Gasteiger partial charge in [-0.05, 0) is 29.8 Å². The summed E-state index contributed by atoms with van der Waals surface area (Å²) < 4.78 is 23.8. The van der Waals surface area contributed by atoms with Crippen molar-refractivity contribution in [3.05, 3.63) is 53.8 Å². The smallest absolute Gasteiger partial charge is 0.206 e. The number of halogens is 1. The van der Waals surface area contributed by atoms with Gasteiger partial charge in [0.25, 0.3) is 0 Å². The summed E-state index contributed by atoms with van der Waals surface area (Å²) in [5, 5.41) is 9.19. The average molecular weight is 248 g/mol. The van der Waals surface area contributed by atoms with Crippen molar-refractivity contribution in [1.29, 1.82) is 0 Å². The van der Waals surface area contributed by atoms with Crippen molar-refractivity contribution in [2.45, 2.75) is 6.61 Å². The summed E-state index contributed by atoms with van der Waals surface area (Å²) >= 11 is 0. The number of hydrogen-bond donors (Lipinski definition) is 1. The van der Waals surface area contributed by atoms with Crippen molar-refractivity contribution in [1.82, 2.24) is 0 Å². The van der Waals surface area contributed by atoms with E-state index in [1.807, 2.05) is 12.1 Å². The van der Waals surface area contributed by atoms with Gasteiger partial charge in [0.05, 0.1) is 7.11 Å². The lowest BCUT2D eigenvalue weighted by Crippen LogP contribution is -1.97. The van der Waals surface area contributed by atoms with Crippen LogP contribution in [0.5, 0.6) is 17.2 Å². The molecule has 0 aliphatic carbocycles. The Morgan fingerprint density at radius 2 is 1.83 bits per heavy atom. The van der Waals surface area contributed by atoms with Gasteiger partial charge in [0.1, 0.15) is 12.4 Å². The Balaban J connectivity index is 2.04. The number of benzene rings is 2. The van der Waals surface area contributed by atoms with Gasteiger partial charge in [-0.3, -0.25) is 0 Å². The van der Waals surface area contributed by atoms with E-state index in [1.165, 1.54) is 18.2 Å². The molecule has 4 heteroatoms. The Kier molecular flexibility index (Phi) is 3.67. The van der Waals surface area contributed by atoms with E-state index in [2.05, 4.69) is 0 Å². The lowest BCUT2D eigenvalue weighted by Gasteiger charge is -2.08. The molecule has 0 saturated heterocycles. The molecule has 0 fully saturated rings. The fourth-order valence-corrected chi connectivity index (χ4v) is 1.49. The number of ether oxygens (including phenoxy) is 2. The summed E-state index contributed by atoms with van der Waals surface area (Å²) in [5.41, 5.74) is 0.888. The third-order valence-electron chi connectivity index (χ3n) is 2.50. The highest BCUT2D eigenvalue weighted by Crippen LogP contribution is 2.25. The minimum Gasteiger partial charge on any atom is -0.505 e. The molecule has 94 valence electrons. The predicted molar refractivity (Wildman–Crippen MR) is 65.4 cm³/mol. The molecule has 0 atom stereocenters. The van der Waals surface area contributed by atoms with Crippen LogP contribution in [0, 0.1) is 5.82 Å². The van der Waals surface area contributed by atoms with Crippen LogP contribution in [0.4, 0.5) is 4.39 Å². The zero-order valence-corrected chi connectivity index (χ0v) is 9.89. The molecule has 2 aromatic carbocycles. The molecule has 0 saturated carbocycles. The van der Waals surface area contributed by atoms with Gasteiger partial charge in [-0.2, -0.15) is 4.39 Å². The molecule has 0 aromatic heterocycles. The summed E-state index contributed by atoms with van der Waals surface area (Å²) in [6.07, 6.45) is 0. The number of aromatic hydroxyl groups is 1. The lowest BCUT2D eigenvalue weighted by molar-refractivity contribution is 0.284. The van der Waals surface area contributed by atoms with Gasteiger partial charge < -0.3 is 14.6 Å². The Labute approximate surface area is 104 Å². The van der Waals surface area contributed by atoms with Crippen LogP contribution < -0.4 is 9.47 Å². The van der Waals surface area contributed by atoms with Gasteiger partial charge in [-0.15, -0.1) is 0 Å². The maximum Gasteiger partial charge on any atom is 0.206 e. The highest BCUT2D eigenvalue weighted by Gasteiger charge is 2.07. The maximum absolute atomic E-state index is 13.4. The van der Waals surface area contributed by atoms with Crippen LogP contribution in [0.3, 0.4) is 0 Å². The fourth-order valence-electron chi connectivity index (χ4n) is 1.49. The van der Waals surface area contributed by atoms with Crippen molar-refractivity contribution < 1.29 is 19.0 Å². The monoisotopic (exact) mass is 248 g/mol. The first-order valence-corrected chi connectivity index (χ1v) is 5.44. The Morgan fingerprint density at radius 1 is 1.11 bits per heavy atom. The second-order valence-corrected chi connectivity index (χ2v) is 3.73. The molecular weight excluding hydrogens is 235 g/mol. The summed E-state index contributed by atoms with van der Waals surface area (Å²) in [7, 11) is 1.59. The molecule has 0 radical (unpaired) electrons. The van der Waals surface area contributed by atoms with Crippen LogP contribution in [0.15, 0.2) is 42.5 Å². The average Bonchev–Trinajstić information content (AvgIpc) is 2.41. The van der Waals surface area contributed by atoms with E-state index in [1.54, 1.807) is 19.2 Å². The van der Waals surface area contributed by atoms with Crippen LogP contribution in [0.2, 0.25) is 0 Å². The van der Waals surface area contributed by atoms with Gasteiger partial charge in [0.2, 0.25) is 5.82 Å².